The van der Waals surface area contributed by atoms with E-state index in [0.29, 0.717) is 23.5 Å². The fraction of sp³-hybridized carbons (Fsp3) is 0.250. The molecular formula is C16H16ClFO2. The lowest BCUT2D eigenvalue weighted by Crippen LogP contribution is -2.06. The maximum absolute atomic E-state index is 13.9. The molecule has 0 spiro atoms. The zero-order valence-corrected chi connectivity index (χ0v) is 11.9. The van der Waals surface area contributed by atoms with Crippen molar-refractivity contribution in [3.05, 3.63) is 64.4 Å². The van der Waals surface area contributed by atoms with Gasteiger partial charge in [0.05, 0.1) is 17.7 Å². The summed E-state index contributed by atoms with van der Waals surface area (Å²) in [5.74, 6) is 0.132. The van der Waals surface area contributed by atoms with Crippen molar-refractivity contribution >= 4 is 11.6 Å². The largest absolute Gasteiger partial charge is 0.493 e. The lowest BCUT2D eigenvalue weighted by molar-refractivity contribution is 0.171. The highest BCUT2D eigenvalue weighted by molar-refractivity contribution is 6.30. The summed E-state index contributed by atoms with van der Waals surface area (Å²) in [6.45, 7) is 2.38. The summed E-state index contributed by atoms with van der Waals surface area (Å²) >= 11 is 5.74. The average Bonchev–Trinajstić information content (AvgIpc) is 2.45. The van der Waals surface area contributed by atoms with E-state index >= 15 is 0 Å². The van der Waals surface area contributed by atoms with Crippen LogP contribution in [-0.4, -0.2) is 11.7 Å². The highest BCUT2D eigenvalue weighted by Gasteiger charge is 2.16. The summed E-state index contributed by atoms with van der Waals surface area (Å²) in [5.41, 5.74) is 1.03. The Morgan fingerprint density at radius 3 is 2.70 bits per heavy atom. The Morgan fingerprint density at radius 1 is 1.20 bits per heavy atom. The Labute approximate surface area is 122 Å². The van der Waals surface area contributed by atoms with Gasteiger partial charge < -0.3 is 9.84 Å². The summed E-state index contributed by atoms with van der Waals surface area (Å²) in [6, 6.07) is 12.0. The number of ether oxygens (including phenoxy) is 1. The molecule has 106 valence electrons. The molecule has 1 N–H and O–H groups in total. The Morgan fingerprint density at radius 2 is 1.95 bits per heavy atom. The lowest BCUT2D eigenvalue weighted by atomic mass is 10.0. The van der Waals surface area contributed by atoms with Crippen LogP contribution in [0.25, 0.3) is 0 Å². The minimum Gasteiger partial charge on any atom is -0.493 e. The maximum Gasteiger partial charge on any atom is 0.145 e. The van der Waals surface area contributed by atoms with Crippen LogP contribution in [0.5, 0.6) is 5.75 Å². The fourth-order valence-corrected chi connectivity index (χ4v) is 2.26. The first-order valence-electron chi connectivity index (χ1n) is 6.46. The van der Waals surface area contributed by atoms with E-state index in [4.69, 9.17) is 16.3 Å². The SMILES string of the molecule is CCOc1ccccc1C(O)Cc1cccc(Cl)c1F. The molecule has 2 aromatic rings. The third kappa shape index (κ3) is 3.30. The van der Waals surface area contributed by atoms with Gasteiger partial charge in [0, 0.05) is 12.0 Å². The van der Waals surface area contributed by atoms with Gasteiger partial charge in [0.15, 0.2) is 0 Å². The van der Waals surface area contributed by atoms with Gasteiger partial charge in [0.2, 0.25) is 0 Å². The van der Waals surface area contributed by atoms with Crippen LogP contribution < -0.4 is 4.74 Å². The smallest absolute Gasteiger partial charge is 0.145 e. The quantitative estimate of drug-likeness (QED) is 0.897. The molecule has 0 amide bonds. The molecule has 20 heavy (non-hydrogen) atoms. The predicted molar refractivity (Wildman–Crippen MR) is 77.7 cm³/mol. The summed E-state index contributed by atoms with van der Waals surface area (Å²) in [4.78, 5) is 0. The molecule has 0 fully saturated rings. The molecule has 0 heterocycles. The van der Waals surface area contributed by atoms with Gasteiger partial charge in [0.25, 0.3) is 0 Å². The second-order valence-corrected chi connectivity index (χ2v) is 4.81. The van der Waals surface area contributed by atoms with Crippen LogP contribution in [0.3, 0.4) is 0 Å². The van der Waals surface area contributed by atoms with Crippen LogP contribution in [0.1, 0.15) is 24.2 Å². The minimum absolute atomic E-state index is 0.0628. The number of aliphatic hydroxyl groups excluding tert-OH is 1. The summed E-state index contributed by atoms with van der Waals surface area (Å²) < 4.78 is 19.3. The molecule has 0 saturated carbocycles. The van der Waals surface area contributed by atoms with Crippen molar-refractivity contribution in [3.8, 4) is 5.75 Å². The van der Waals surface area contributed by atoms with Crippen LogP contribution >= 0.6 is 11.6 Å². The van der Waals surface area contributed by atoms with E-state index in [1.807, 2.05) is 19.1 Å². The number of halogens is 2. The summed E-state index contributed by atoms with van der Waals surface area (Å²) in [6.07, 6.45) is -0.693. The van der Waals surface area contributed by atoms with E-state index in [1.54, 1.807) is 24.3 Å². The zero-order chi connectivity index (χ0) is 14.5. The van der Waals surface area contributed by atoms with Gasteiger partial charge in [-0.15, -0.1) is 0 Å². The van der Waals surface area contributed by atoms with Gasteiger partial charge in [-0.3, -0.25) is 0 Å². The Kier molecular flexibility index (Phi) is 4.99. The van der Waals surface area contributed by atoms with Crippen LogP contribution in [0.4, 0.5) is 4.39 Å². The van der Waals surface area contributed by atoms with Crippen molar-refractivity contribution in [2.45, 2.75) is 19.4 Å². The number of para-hydroxylation sites is 1. The van der Waals surface area contributed by atoms with Gasteiger partial charge >= 0.3 is 0 Å². The monoisotopic (exact) mass is 294 g/mol. The van der Waals surface area contributed by atoms with Gasteiger partial charge in [-0.25, -0.2) is 4.39 Å². The zero-order valence-electron chi connectivity index (χ0n) is 11.1. The Balaban J connectivity index is 2.24. The van der Waals surface area contributed by atoms with E-state index in [1.165, 1.54) is 6.07 Å². The molecule has 0 aliphatic rings. The molecule has 0 bridgehead atoms. The fourth-order valence-electron chi connectivity index (χ4n) is 2.07. The predicted octanol–water partition coefficient (Wildman–Crippen LogP) is 4.15. The molecule has 2 nitrogen and oxygen atoms in total. The molecule has 2 rings (SSSR count). The van der Waals surface area contributed by atoms with E-state index in [9.17, 15) is 9.50 Å². The molecule has 1 unspecified atom stereocenters. The average molecular weight is 295 g/mol. The van der Waals surface area contributed by atoms with Gasteiger partial charge in [-0.1, -0.05) is 41.9 Å². The molecule has 1 atom stereocenters. The summed E-state index contributed by atoms with van der Waals surface area (Å²) in [5, 5.41) is 10.4. The molecular weight excluding hydrogens is 279 g/mol. The maximum atomic E-state index is 13.9. The number of benzene rings is 2. The van der Waals surface area contributed by atoms with Crippen molar-refractivity contribution in [3.63, 3.8) is 0 Å². The standard InChI is InChI=1S/C16H16ClFO2/c1-2-20-15-9-4-3-7-12(15)14(19)10-11-6-5-8-13(17)16(11)18/h3-9,14,19H,2,10H2,1H3. The van der Waals surface area contributed by atoms with Gasteiger partial charge in [0.1, 0.15) is 11.6 Å². The van der Waals surface area contributed by atoms with E-state index in [0.717, 1.165) is 0 Å². The van der Waals surface area contributed by atoms with Crippen molar-refractivity contribution < 1.29 is 14.2 Å². The van der Waals surface area contributed by atoms with Crippen molar-refractivity contribution in [2.75, 3.05) is 6.61 Å². The highest BCUT2D eigenvalue weighted by Crippen LogP contribution is 2.29. The first-order valence-corrected chi connectivity index (χ1v) is 6.84. The lowest BCUT2D eigenvalue weighted by Gasteiger charge is -2.16. The Hall–Kier alpha value is -1.58. The van der Waals surface area contributed by atoms with Crippen LogP contribution in [0.2, 0.25) is 5.02 Å². The first kappa shape index (κ1) is 14.8. The molecule has 4 heteroatoms. The number of hydrogen-bond acceptors (Lipinski definition) is 2. The molecule has 0 saturated heterocycles. The van der Waals surface area contributed by atoms with Gasteiger partial charge in [-0.05, 0) is 24.6 Å². The molecule has 0 aromatic heterocycles. The molecule has 0 aliphatic carbocycles. The van der Waals surface area contributed by atoms with Crippen molar-refractivity contribution in [2.24, 2.45) is 0 Å². The first-order chi connectivity index (χ1) is 9.63. The minimum atomic E-state index is -0.842. The van der Waals surface area contributed by atoms with Crippen LogP contribution in [0.15, 0.2) is 42.5 Å². The topological polar surface area (TPSA) is 29.5 Å². The van der Waals surface area contributed by atoms with E-state index < -0.39 is 11.9 Å². The van der Waals surface area contributed by atoms with E-state index in [2.05, 4.69) is 0 Å². The molecule has 2 aromatic carbocycles. The van der Waals surface area contributed by atoms with Crippen LogP contribution in [0, 0.1) is 5.82 Å². The molecule has 0 radical (unpaired) electrons. The number of hydrogen-bond donors (Lipinski definition) is 1. The van der Waals surface area contributed by atoms with Crippen molar-refractivity contribution in [1.82, 2.24) is 0 Å². The second-order valence-electron chi connectivity index (χ2n) is 4.40. The second kappa shape index (κ2) is 6.73. The molecule has 0 aliphatic heterocycles. The highest BCUT2D eigenvalue weighted by atomic mass is 35.5. The normalized spacial score (nSPS) is 12.2. The van der Waals surface area contributed by atoms with Crippen LogP contribution in [-0.2, 0) is 6.42 Å². The van der Waals surface area contributed by atoms with E-state index in [-0.39, 0.29) is 11.4 Å². The Bertz CT molecular complexity index is 586. The third-order valence-electron chi connectivity index (χ3n) is 3.02. The number of aliphatic hydroxyl groups is 1. The van der Waals surface area contributed by atoms with Gasteiger partial charge in [-0.2, -0.15) is 0 Å². The number of rotatable bonds is 5. The summed E-state index contributed by atoms with van der Waals surface area (Å²) in [7, 11) is 0. The van der Waals surface area contributed by atoms with Crippen molar-refractivity contribution in [1.29, 1.82) is 0 Å². The third-order valence-corrected chi connectivity index (χ3v) is 3.31.